The van der Waals surface area contributed by atoms with Gasteiger partial charge < -0.3 is 14.8 Å². The third-order valence-corrected chi connectivity index (χ3v) is 2.03. The van der Waals surface area contributed by atoms with Crippen molar-refractivity contribution in [2.75, 3.05) is 5.32 Å². The van der Waals surface area contributed by atoms with Crippen molar-refractivity contribution in [3.05, 3.63) is 35.7 Å². The van der Waals surface area contributed by atoms with E-state index in [9.17, 15) is 4.79 Å². The molecule has 0 aliphatic carbocycles. The van der Waals surface area contributed by atoms with Crippen LogP contribution in [0.3, 0.4) is 0 Å². The van der Waals surface area contributed by atoms with Crippen molar-refractivity contribution in [2.45, 2.75) is 13.5 Å². The molecule has 0 radical (unpaired) electrons. The van der Waals surface area contributed by atoms with Crippen LogP contribution in [-0.4, -0.2) is 26.3 Å². The number of hydrogen-bond donors (Lipinski definition) is 2. The largest absolute Gasteiger partial charge is 0.478 e. The molecule has 7 nitrogen and oxygen atoms in total. The molecular weight excluding hydrogens is 224 g/mol. The van der Waals surface area contributed by atoms with E-state index in [-0.39, 0.29) is 17.9 Å². The SMILES string of the molecule is Cc1cnc(CNc2nnccc2C(=O)O)o1. The van der Waals surface area contributed by atoms with Crippen molar-refractivity contribution >= 4 is 11.8 Å². The Labute approximate surface area is 96.5 Å². The highest BCUT2D eigenvalue weighted by molar-refractivity contribution is 5.92. The fourth-order valence-electron chi connectivity index (χ4n) is 1.28. The molecule has 0 aliphatic rings. The molecule has 0 amide bonds. The second-order valence-electron chi connectivity index (χ2n) is 3.32. The monoisotopic (exact) mass is 234 g/mol. The van der Waals surface area contributed by atoms with Gasteiger partial charge in [-0.15, -0.1) is 5.10 Å². The summed E-state index contributed by atoms with van der Waals surface area (Å²) >= 11 is 0. The van der Waals surface area contributed by atoms with Crippen LogP contribution in [0.1, 0.15) is 22.0 Å². The third kappa shape index (κ3) is 2.57. The standard InChI is InChI=1S/C10H10N4O3/c1-6-4-11-8(17-6)5-12-9-7(10(15)16)2-3-13-14-9/h2-4H,5H2,1H3,(H,12,14)(H,15,16). The van der Waals surface area contributed by atoms with E-state index in [4.69, 9.17) is 9.52 Å². The molecule has 0 spiro atoms. The number of nitrogens with zero attached hydrogens (tertiary/aromatic N) is 3. The van der Waals surface area contributed by atoms with Crippen molar-refractivity contribution in [3.8, 4) is 0 Å². The van der Waals surface area contributed by atoms with Gasteiger partial charge in [-0.3, -0.25) is 0 Å². The summed E-state index contributed by atoms with van der Waals surface area (Å²) in [5.74, 6) is 0.283. The van der Waals surface area contributed by atoms with Crippen LogP contribution < -0.4 is 5.32 Å². The molecule has 0 fully saturated rings. The summed E-state index contributed by atoms with van der Waals surface area (Å²) in [7, 11) is 0. The van der Waals surface area contributed by atoms with Gasteiger partial charge >= 0.3 is 5.97 Å². The minimum absolute atomic E-state index is 0.0586. The maximum atomic E-state index is 10.9. The van der Waals surface area contributed by atoms with Gasteiger partial charge in [0.15, 0.2) is 5.82 Å². The number of aromatic nitrogens is 3. The predicted molar refractivity (Wildman–Crippen MR) is 57.6 cm³/mol. The van der Waals surface area contributed by atoms with Gasteiger partial charge in [-0.2, -0.15) is 5.10 Å². The van der Waals surface area contributed by atoms with E-state index in [0.717, 1.165) is 0 Å². The summed E-state index contributed by atoms with van der Waals surface area (Å²) in [5.41, 5.74) is 0.0586. The topological polar surface area (TPSA) is 101 Å². The minimum Gasteiger partial charge on any atom is -0.478 e. The number of carboxylic acids is 1. The second kappa shape index (κ2) is 4.60. The Hall–Kier alpha value is -2.44. The van der Waals surface area contributed by atoms with Crippen LogP contribution in [0.5, 0.6) is 0 Å². The number of rotatable bonds is 4. The lowest BCUT2D eigenvalue weighted by atomic mass is 10.3. The number of aryl methyl sites for hydroxylation is 1. The maximum Gasteiger partial charge on any atom is 0.339 e. The van der Waals surface area contributed by atoms with E-state index in [1.807, 2.05) is 0 Å². The first kappa shape index (κ1) is 11.1. The Morgan fingerprint density at radius 1 is 1.59 bits per heavy atom. The van der Waals surface area contributed by atoms with Gasteiger partial charge in [-0.05, 0) is 13.0 Å². The zero-order chi connectivity index (χ0) is 12.3. The first-order valence-electron chi connectivity index (χ1n) is 4.87. The predicted octanol–water partition coefficient (Wildman–Crippen LogP) is 1.08. The quantitative estimate of drug-likeness (QED) is 0.816. The summed E-state index contributed by atoms with van der Waals surface area (Å²) in [6.07, 6.45) is 2.91. The highest BCUT2D eigenvalue weighted by Gasteiger charge is 2.11. The number of aromatic carboxylic acids is 1. The van der Waals surface area contributed by atoms with Crippen LogP contribution in [0, 0.1) is 6.92 Å². The number of carbonyl (C=O) groups is 1. The molecule has 2 aromatic heterocycles. The molecule has 2 heterocycles. The summed E-state index contributed by atoms with van der Waals surface area (Å²) < 4.78 is 5.24. The van der Waals surface area contributed by atoms with Gasteiger partial charge in [0.05, 0.1) is 18.9 Å². The van der Waals surface area contributed by atoms with Gasteiger partial charge in [0.25, 0.3) is 0 Å². The molecule has 0 aromatic carbocycles. The van der Waals surface area contributed by atoms with Crippen molar-refractivity contribution in [1.82, 2.24) is 15.2 Å². The van der Waals surface area contributed by atoms with Crippen molar-refractivity contribution in [3.63, 3.8) is 0 Å². The Morgan fingerprint density at radius 2 is 2.41 bits per heavy atom. The van der Waals surface area contributed by atoms with E-state index in [1.54, 1.807) is 13.1 Å². The second-order valence-corrected chi connectivity index (χ2v) is 3.32. The third-order valence-electron chi connectivity index (χ3n) is 2.03. The van der Waals surface area contributed by atoms with Crippen molar-refractivity contribution in [1.29, 1.82) is 0 Å². The van der Waals surface area contributed by atoms with Gasteiger partial charge in [0.1, 0.15) is 11.3 Å². The molecule has 0 bridgehead atoms. The zero-order valence-electron chi connectivity index (χ0n) is 9.04. The lowest BCUT2D eigenvalue weighted by Crippen LogP contribution is -2.09. The van der Waals surface area contributed by atoms with Crippen LogP contribution >= 0.6 is 0 Å². The normalized spacial score (nSPS) is 10.2. The fraction of sp³-hybridized carbons (Fsp3) is 0.200. The fourth-order valence-corrected chi connectivity index (χ4v) is 1.28. The molecule has 0 saturated carbocycles. The van der Waals surface area contributed by atoms with Gasteiger partial charge in [0.2, 0.25) is 5.89 Å². The molecule has 2 N–H and O–H groups in total. The van der Waals surface area contributed by atoms with E-state index >= 15 is 0 Å². The van der Waals surface area contributed by atoms with Crippen LogP contribution in [0.25, 0.3) is 0 Å². The summed E-state index contributed by atoms with van der Waals surface area (Å²) in [6.45, 7) is 2.04. The summed E-state index contributed by atoms with van der Waals surface area (Å²) in [4.78, 5) is 14.9. The smallest absolute Gasteiger partial charge is 0.339 e. The Morgan fingerprint density at radius 3 is 3.06 bits per heavy atom. The summed E-state index contributed by atoms with van der Waals surface area (Å²) in [6, 6.07) is 1.37. The van der Waals surface area contributed by atoms with E-state index in [1.165, 1.54) is 12.3 Å². The number of anilines is 1. The minimum atomic E-state index is -1.06. The van der Waals surface area contributed by atoms with Gasteiger partial charge in [-0.1, -0.05) is 0 Å². The highest BCUT2D eigenvalue weighted by atomic mass is 16.4. The molecule has 0 saturated heterocycles. The molecule has 0 atom stereocenters. The first-order chi connectivity index (χ1) is 8.16. The number of hydrogen-bond acceptors (Lipinski definition) is 6. The van der Waals surface area contributed by atoms with E-state index < -0.39 is 5.97 Å². The van der Waals surface area contributed by atoms with Crippen LogP contribution in [0.2, 0.25) is 0 Å². The molecule has 2 rings (SSSR count). The lowest BCUT2D eigenvalue weighted by Gasteiger charge is -2.04. The van der Waals surface area contributed by atoms with E-state index in [2.05, 4.69) is 20.5 Å². The number of oxazole rings is 1. The molecule has 0 aliphatic heterocycles. The molecular formula is C10H10N4O3. The number of nitrogens with one attached hydrogen (secondary N) is 1. The molecule has 2 aromatic rings. The Balaban J connectivity index is 2.11. The number of carboxylic acid groups (broad SMARTS) is 1. The molecule has 88 valence electrons. The van der Waals surface area contributed by atoms with Gasteiger partial charge in [0, 0.05) is 0 Å². The van der Waals surface area contributed by atoms with Crippen LogP contribution in [-0.2, 0) is 6.54 Å². The average molecular weight is 234 g/mol. The highest BCUT2D eigenvalue weighted by Crippen LogP contribution is 2.11. The first-order valence-corrected chi connectivity index (χ1v) is 4.87. The summed E-state index contributed by atoms with van der Waals surface area (Å²) in [5, 5.41) is 19.1. The van der Waals surface area contributed by atoms with Crippen LogP contribution in [0.15, 0.2) is 22.9 Å². The van der Waals surface area contributed by atoms with Crippen molar-refractivity contribution in [2.24, 2.45) is 0 Å². The molecule has 0 unspecified atom stereocenters. The average Bonchev–Trinajstić information content (AvgIpc) is 2.73. The zero-order valence-corrected chi connectivity index (χ0v) is 9.04. The molecule has 17 heavy (non-hydrogen) atoms. The lowest BCUT2D eigenvalue weighted by molar-refractivity contribution is 0.0697. The van der Waals surface area contributed by atoms with E-state index in [0.29, 0.717) is 11.7 Å². The van der Waals surface area contributed by atoms with Gasteiger partial charge in [-0.25, -0.2) is 9.78 Å². The van der Waals surface area contributed by atoms with Crippen molar-refractivity contribution < 1.29 is 14.3 Å². The van der Waals surface area contributed by atoms with Crippen LogP contribution in [0.4, 0.5) is 5.82 Å². The Bertz CT molecular complexity index is 538. The Kier molecular flexibility index (Phi) is 2.99. The maximum absolute atomic E-state index is 10.9. The molecule has 7 heteroatoms.